The van der Waals surface area contributed by atoms with E-state index in [9.17, 15) is 0 Å². The molecule has 0 aromatic heterocycles. The summed E-state index contributed by atoms with van der Waals surface area (Å²) in [6, 6.07) is 12.7. The highest BCUT2D eigenvalue weighted by Crippen LogP contribution is 2.34. The molecule has 0 spiro atoms. The Kier molecular flexibility index (Phi) is 4.45. The van der Waals surface area contributed by atoms with Crippen molar-refractivity contribution in [1.29, 1.82) is 0 Å². The maximum atomic E-state index is 6.41. The molecule has 2 N–H and O–H groups in total. The number of rotatable bonds is 4. The zero-order valence-corrected chi connectivity index (χ0v) is 12.8. The number of nitrogens with two attached hydrogens (primary N) is 1. The van der Waals surface area contributed by atoms with Crippen molar-refractivity contribution in [2.75, 3.05) is 0 Å². The Morgan fingerprint density at radius 1 is 1.10 bits per heavy atom. The lowest BCUT2D eigenvalue weighted by Gasteiger charge is -2.32. The van der Waals surface area contributed by atoms with Crippen molar-refractivity contribution in [3.8, 4) is 5.75 Å². The summed E-state index contributed by atoms with van der Waals surface area (Å²) in [5.74, 6) is 1.68. The van der Waals surface area contributed by atoms with Gasteiger partial charge in [0.05, 0.1) is 0 Å². The maximum absolute atomic E-state index is 6.41. The molecule has 1 fully saturated rings. The van der Waals surface area contributed by atoms with Gasteiger partial charge in [-0.05, 0) is 48.4 Å². The van der Waals surface area contributed by atoms with Crippen molar-refractivity contribution < 1.29 is 4.74 Å². The van der Waals surface area contributed by atoms with Crippen LogP contribution in [0, 0.1) is 5.92 Å². The normalized spacial score (nSPS) is 22.4. The highest BCUT2D eigenvalue weighted by molar-refractivity contribution is 5.87. The first-order valence-electron chi connectivity index (χ1n) is 8.20. The second kappa shape index (κ2) is 6.48. The Labute approximate surface area is 127 Å². The molecular formula is C19H25NO. The van der Waals surface area contributed by atoms with Crippen LogP contribution in [0.15, 0.2) is 36.4 Å². The summed E-state index contributed by atoms with van der Waals surface area (Å²) in [6.45, 7) is 2.80. The standard InChI is InChI=1S/C19H25NO/c1-2-14-7-4-6-10-18(14)21-19-12-11-15-8-3-5-9-16(15)17(19)13-20/h3,5,8-9,11-12,14,18H,2,4,6-7,10,13,20H2,1H3. The van der Waals surface area contributed by atoms with Gasteiger partial charge in [-0.1, -0.05) is 43.7 Å². The molecule has 0 saturated heterocycles. The van der Waals surface area contributed by atoms with Crippen LogP contribution in [-0.2, 0) is 6.54 Å². The van der Waals surface area contributed by atoms with Gasteiger partial charge in [0, 0.05) is 12.1 Å². The Balaban J connectivity index is 1.92. The van der Waals surface area contributed by atoms with Crippen LogP contribution in [0.2, 0.25) is 0 Å². The smallest absolute Gasteiger partial charge is 0.124 e. The molecular weight excluding hydrogens is 258 g/mol. The van der Waals surface area contributed by atoms with Gasteiger partial charge in [0.2, 0.25) is 0 Å². The van der Waals surface area contributed by atoms with Crippen molar-refractivity contribution in [2.24, 2.45) is 11.7 Å². The predicted molar refractivity (Wildman–Crippen MR) is 88.5 cm³/mol. The third kappa shape index (κ3) is 2.91. The van der Waals surface area contributed by atoms with Gasteiger partial charge in [-0.15, -0.1) is 0 Å². The molecule has 2 aromatic carbocycles. The van der Waals surface area contributed by atoms with Gasteiger partial charge in [-0.3, -0.25) is 0 Å². The molecule has 0 heterocycles. The van der Waals surface area contributed by atoms with E-state index in [2.05, 4.69) is 43.3 Å². The van der Waals surface area contributed by atoms with E-state index in [1.807, 2.05) is 0 Å². The first-order valence-corrected chi connectivity index (χ1v) is 8.20. The minimum atomic E-state index is 0.357. The summed E-state index contributed by atoms with van der Waals surface area (Å²) in [5.41, 5.74) is 7.16. The number of hydrogen-bond donors (Lipinski definition) is 1. The minimum Gasteiger partial charge on any atom is -0.490 e. The van der Waals surface area contributed by atoms with Crippen LogP contribution in [0.4, 0.5) is 0 Å². The van der Waals surface area contributed by atoms with Crippen LogP contribution in [0.3, 0.4) is 0 Å². The first-order chi connectivity index (χ1) is 10.3. The lowest BCUT2D eigenvalue weighted by Crippen LogP contribution is -2.30. The Morgan fingerprint density at radius 2 is 1.90 bits per heavy atom. The van der Waals surface area contributed by atoms with Gasteiger partial charge in [0.25, 0.3) is 0 Å². The van der Waals surface area contributed by atoms with Crippen molar-refractivity contribution in [3.05, 3.63) is 42.0 Å². The fourth-order valence-electron chi connectivity index (χ4n) is 3.60. The number of benzene rings is 2. The SMILES string of the molecule is CCC1CCCCC1Oc1ccc2ccccc2c1CN. The van der Waals surface area contributed by atoms with Gasteiger partial charge < -0.3 is 10.5 Å². The lowest BCUT2D eigenvalue weighted by atomic mass is 9.84. The van der Waals surface area contributed by atoms with Crippen molar-refractivity contribution in [1.82, 2.24) is 0 Å². The molecule has 1 aliphatic carbocycles. The fraction of sp³-hybridized carbons (Fsp3) is 0.474. The van der Waals surface area contributed by atoms with E-state index < -0.39 is 0 Å². The molecule has 1 saturated carbocycles. The van der Waals surface area contributed by atoms with Crippen LogP contribution < -0.4 is 10.5 Å². The van der Waals surface area contributed by atoms with Gasteiger partial charge >= 0.3 is 0 Å². The predicted octanol–water partition coefficient (Wildman–Crippen LogP) is 4.65. The molecule has 0 bridgehead atoms. The average Bonchev–Trinajstić information content (AvgIpc) is 2.55. The molecule has 2 heteroatoms. The lowest BCUT2D eigenvalue weighted by molar-refractivity contribution is 0.0896. The summed E-state index contributed by atoms with van der Waals surface area (Å²) in [6.07, 6.45) is 6.67. The molecule has 2 unspecified atom stereocenters. The second-order valence-electron chi connectivity index (χ2n) is 6.08. The van der Waals surface area contributed by atoms with Crippen LogP contribution in [0.5, 0.6) is 5.75 Å². The molecule has 2 nitrogen and oxygen atoms in total. The van der Waals surface area contributed by atoms with Crippen LogP contribution in [-0.4, -0.2) is 6.10 Å². The minimum absolute atomic E-state index is 0.357. The van der Waals surface area contributed by atoms with E-state index in [4.69, 9.17) is 10.5 Å². The van der Waals surface area contributed by atoms with Crippen molar-refractivity contribution in [2.45, 2.75) is 51.7 Å². The van der Waals surface area contributed by atoms with Crippen molar-refractivity contribution in [3.63, 3.8) is 0 Å². The van der Waals surface area contributed by atoms with E-state index >= 15 is 0 Å². The van der Waals surface area contributed by atoms with Gasteiger partial charge in [0.15, 0.2) is 0 Å². The molecule has 2 aromatic rings. The van der Waals surface area contributed by atoms with Gasteiger partial charge in [-0.2, -0.15) is 0 Å². The van der Waals surface area contributed by atoms with Crippen LogP contribution >= 0.6 is 0 Å². The summed E-state index contributed by atoms with van der Waals surface area (Å²) >= 11 is 0. The number of hydrogen-bond acceptors (Lipinski definition) is 2. The topological polar surface area (TPSA) is 35.2 Å². The van der Waals surface area contributed by atoms with E-state index in [0.717, 1.165) is 11.3 Å². The molecule has 21 heavy (non-hydrogen) atoms. The van der Waals surface area contributed by atoms with E-state index in [-0.39, 0.29) is 0 Å². The summed E-state index contributed by atoms with van der Waals surface area (Å²) in [5, 5.41) is 2.46. The number of ether oxygens (including phenoxy) is 1. The zero-order chi connectivity index (χ0) is 14.7. The average molecular weight is 283 g/mol. The Hall–Kier alpha value is -1.54. The molecule has 2 atom stereocenters. The highest BCUT2D eigenvalue weighted by Gasteiger charge is 2.26. The fourth-order valence-corrected chi connectivity index (χ4v) is 3.60. The molecule has 0 radical (unpaired) electrons. The highest BCUT2D eigenvalue weighted by atomic mass is 16.5. The maximum Gasteiger partial charge on any atom is 0.124 e. The van der Waals surface area contributed by atoms with E-state index in [0.29, 0.717) is 18.6 Å². The van der Waals surface area contributed by atoms with Gasteiger partial charge in [-0.25, -0.2) is 0 Å². The second-order valence-corrected chi connectivity index (χ2v) is 6.08. The molecule has 1 aliphatic rings. The van der Waals surface area contributed by atoms with E-state index in [1.165, 1.54) is 42.9 Å². The van der Waals surface area contributed by atoms with Crippen LogP contribution in [0.1, 0.15) is 44.6 Å². The summed E-state index contributed by atoms with van der Waals surface area (Å²) in [7, 11) is 0. The first kappa shape index (κ1) is 14.4. The van der Waals surface area contributed by atoms with Gasteiger partial charge in [0.1, 0.15) is 11.9 Å². The Morgan fingerprint density at radius 3 is 2.71 bits per heavy atom. The quantitative estimate of drug-likeness (QED) is 0.886. The molecule has 0 amide bonds. The summed E-state index contributed by atoms with van der Waals surface area (Å²) < 4.78 is 6.41. The third-order valence-electron chi connectivity index (χ3n) is 4.84. The van der Waals surface area contributed by atoms with Crippen LogP contribution in [0.25, 0.3) is 10.8 Å². The largest absolute Gasteiger partial charge is 0.490 e. The number of fused-ring (bicyclic) bond motifs is 1. The van der Waals surface area contributed by atoms with E-state index in [1.54, 1.807) is 0 Å². The molecule has 0 aliphatic heterocycles. The molecule has 112 valence electrons. The molecule has 3 rings (SSSR count). The van der Waals surface area contributed by atoms with Crippen molar-refractivity contribution >= 4 is 10.8 Å². The Bertz CT molecular complexity index is 608. The monoisotopic (exact) mass is 283 g/mol. The third-order valence-corrected chi connectivity index (χ3v) is 4.84. The summed E-state index contributed by atoms with van der Waals surface area (Å²) in [4.78, 5) is 0. The zero-order valence-electron chi connectivity index (χ0n) is 12.8.